The van der Waals surface area contributed by atoms with E-state index in [0.717, 1.165) is 16.0 Å². The number of imide groups is 1. The molecule has 1 aliphatic heterocycles. The highest BCUT2D eigenvalue weighted by atomic mass is 35.5. The standard InChI is InChI=1S/C18H14Cl2N2O2/c1-10-7-8-12(9-11(10)2)21-16-15(20)17(23)22(18(16)24)14-6-4-3-5-13(14)19/h3-9,21H,1-2H3. The number of anilines is 2. The predicted octanol–water partition coefficient (Wildman–Crippen LogP) is 4.39. The van der Waals surface area contributed by atoms with E-state index in [4.69, 9.17) is 23.2 Å². The molecule has 2 amide bonds. The summed E-state index contributed by atoms with van der Waals surface area (Å²) in [5.41, 5.74) is 3.24. The molecule has 4 nitrogen and oxygen atoms in total. The fraction of sp³-hybridized carbons (Fsp3) is 0.111. The second-order valence-corrected chi connectivity index (χ2v) is 6.30. The quantitative estimate of drug-likeness (QED) is 0.825. The van der Waals surface area contributed by atoms with Crippen LogP contribution in [0.2, 0.25) is 5.02 Å². The first-order chi connectivity index (χ1) is 11.4. The van der Waals surface area contributed by atoms with Crippen LogP contribution in [-0.2, 0) is 9.59 Å². The minimum Gasteiger partial charge on any atom is -0.350 e. The molecule has 3 rings (SSSR count). The molecule has 2 aromatic rings. The molecule has 122 valence electrons. The van der Waals surface area contributed by atoms with Crippen LogP contribution in [-0.4, -0.2) is 11.8 Å². The van der Waals surface area contributed by atoms with E-state index in [1.807, 2.05) is 32.0 Å². The van der Waals surface area contributed by atoms with Gasteiger partial charge in [0.15, 0.2) is 0 Å². The first-order valence-corrected chi connectivity index (χ1v) is 8.03. The van der Waals surface area contributed by atoms with E-state index in [1.165, 1.54) is 0 Å². The number of rotatable bonds is 3. The van der Waals surface area contributed by atoms with Crippen LogP contribution in [0.4, 0.5) is 11.4 Å². The van der Waals surface area contributed by atoms with Gasteiger partial charge in [-0.05, 0) is 49.2 Å². The van der Waals surface area contributed by atoms with Crippen LogP contribution in [0, 0.1) is 13.8 Å². The summed E-state index contributed by atoms with van der Waals surface area (Å²) in [7, 11) is 0. The first kappa shape index (κ1) is 16.6. The molecule has 0 atom stereocenters. The van der Waals surface area contributed by atoms with E-state index in [2.05, 4.69) is 5.32 Å². The van der Waals surface area contributed by atoms with Crippen molar-refractivity contribution in [2.24, 2.45) is 0 Å². The molecule has 0 bridgehead atoms. The molecule has 0 aliphatic carbocycles. The number of carbonyl (C=O) groups excluding carboxylic acids is 2. The lowest BCUT2D eigenvalue weighted by molar-refractivity contribution is -0.120. The molecule has 1 N–H and O–H groups in total. The van der Waals surface area contributed by atoms with Gasteiger partial charge in [-0.3, -0.25) is 9.59 Å². The maximum Gasteiger partial charge on any atom is 0.283 e. The van der Waals surface area contributed by atoms with Gasteiger partial charge in [0.1, 0.15) is 10.7 Å². The third kappa shape index (κ3) is 2.79. The van der Waals surface area contributed by atoms with Crippen molar-refractivity contribution in [2.45, 2.75) is 13.8 Å². The van der Waals surface area contributed by atoms with Gasteiger partial charge >= 0.3 is 0 Å². The van der Waals surface area contributed by atoms with Gasteiger partial charge in [0.05, 0.1) is 10.7 Å². The van der Waals surface area contributed by atoms with Crippen molar-refractivity contribution in [3.8, 4) is 0 Å². The molecule has 0 radical (unpaired) electrons. The molecule has 1 heterocycles. The number of hydrogen-bond acceptors (Lipinski definition) is 3. The van der Waals surface area contributed by atoms with Gasteiger partial charge in [0, 0.05) is 5.69 Å². The molecule has 0 saturated heterocycles. The lowest BCUT2D eigenvalue weighted by atomic mass is 10.1. The van der Waals surface area contributed by atoms with E-state index < -0.39 is 11.8 Å². The Morgan fingerprint density at radius 3 is 2.29 bits per heavy atom. The van der Waals surface area contributed by atoms with Crippen molar-refractivity contribution < 1.29 is 9.59 Å². The van der Waals surface area contributed by atoms with E-state index in [1.54, 1.807) is 24.3 Å². The lowest BCUT2D eigenvalue weighted by Crippen LogP contribution is -2.32. The number of amides is 2. The Morgan fingerprint density at radius 2 is 1.62 bits per heavy atom. The average Bonchev–Trinajstić information content (AvgIpc) is 2.76. The Morgan fingerprint density at radius 1 is 0.917 bits per heavy atom. The minimum atomic E-state index is -0.596. The lowest BCUT2D eigenvalue weighted by Gasteiger charge is -2.16. The Labute approximate surface area is 149 Å². The number of aryl methyl sites for hydroxylation is 2. The topological polar surface area (TPSA) is 49.4 Å². The Bertz CT molecular complexity index is 890. The maximum absolute atomic E-state index is 12.7. The summed E-state index contributed by atoms with van der Waals surface area (Å²) in [4.78, 5) is 26.1. The third-order valence-corrected chi connectivity index (χ3v) is 4.57. The van der Waals surface area contributed by atoms with Crippen LogP contribution < -0.4 is 10.2 Å². The Kier molecular flexibility index (Phi) is 4.35. The number of hydrogen-bond donors (Lipinski definition) is 1. The van der Waals surface area contributed by atoms with Crippen LogP contribution >= 0.6 is 23.2 Å². The summed E-state index contributed by atoms with van der Waals surface area (Å²) in [6, 6.07) is 12.3. The zero-order valence-corrected chi connectivity index (χ0v) is 14.6. The molecular formula is C18H14Cl2N2O2. The normalized spacial score (nSPS) is 14.6. The molecule has 6 heteroatoms. The monoisotopic (exact) mass is 360 g/mol. The maximum atomic E-state index is 12.7. The number of para-hydroxylation sites is 1. The highest BCUT2D eigenvalue weighted by Gasteiger charge is 2.39. The fourth-order valence-electron chi connectivity index (χ4n) is 2.43. The number of carbonyl (C=O) groups is 2. The molecule has 0 spiro atoms. The smallest absolute Gasteiger partial charge is 0.283 e. The van der Waals surface area contributed by atoms with E-state index in [9.17, 15) is 9.59 Å². The second kappa shape index (κ2) is 6.30. The average molecular weight is 361 g/mol. The van der Waals surface area contributed by atoms with Gasteiger partial charge < -0.3 is 5.32 Å². The van der Waals surface area contributed by atoms with Crippen LogP contribution in [0.25, 0.3) is 0 Å². The van der Waals surface area contributed by atoms with E-state index in [-0.39, 0.29) is 10.7 Å². The Balaban J connectivity index is 1.95. The van der Waals surface area contributed by atoms with Gasteiger partial charge in [0.25, 0.3) is 11.8 Å². The van der Waals surface area contributed by atoms with Gasteiger partial charge in [-0.25, -0.2) is 4.90 Å². The molecule has 1 aliphatic rings. The van der Waals surface area contributed by atoms with Crippen LogP contribution in [0.5, 0.6) is 0 Å². The zero-order valence-electron chi connectivity index (χ0n) is 13.1. The van der Waals surface area contributed by atoms with E-state index >= 15 is 0 Å². The highest BCUT2D eigenvalue weighted by Crippen LogP contribution is 2.34. The summed E-state index contributed by atoms with van der Waals surface area (Å²) in [6.45, 7) is 3.96. The summed E-state index contributed by atoms with van der Waals surface area (Å²) < 4.78 is 0. The van der Waals surface area contributed by atoms with Crippen LogP contribution in [0.15, 0.2) is 53.2 Å². The summed E-state index contributed by atoms with van der Waals surface area (Å²) >= 11 is 12.2. The van der Waals surface area contributed by atoms with Crippen LogP contribution in [0.3, 0.4) is 0 Å². The van der Waals surface area contributed by atoms with Crippen molar-refractivity contribution in [3.63, 3.8) is 0 Å². The summed E-state index contributed by atoms with van der Waals surface area (Å²) in [5, 5.41) is 3.10. The minimum absolute atomic E-state index is 0.0461. The van der Waals surface area contributed by atoms with Crippen LogP contribution in [0.1, 0.15) is 11.1 Å². The largest absolute Gasteiger partial charge is 0.350 e. The summed E-state index contributed by atoms with van der Waals surface area (Å²) in [6.07, 6.45) is 0. The van der Waals surface area contributed by atoms with Gasteiger partial charge in [-0.2, -0.15) is 0 Å². The molecule has 0 saturated carbocycles. The molecule has 0 aromatic heterocycles. The Hall–Kier alpha value is -2.30. The molecule has 24 heavy (non-hydrogen) atoms. The zero-order chi connectivity index (χ0) is 17.4. The predicted molar refractivity (Wildman–Crippen MR) is 96.4 cm³/mol. The van der Waals surface area contributed by atoms with Crippen molar-refractivity contribution in [2.75, 3.05) is 10.2 Å². The second-order valence-electron chi connectivity index (χ2n) is 5.51. The molecule has 0 unspecified atom stereocenters. The highest BCUT2D eigenvalue weighted by molar-refractivity contribution is 6.53. The fourth-order valence-corrected chi connectivity index (χ4v) is 2.86. The van der Waals surface area contributed by atoms with Crippen molar-refractivity contribution in [3.05, 3.63) is 69.3 Å². The SMILES string of the molecule is Cc1ccc(NC2=C(Cl)C(=O)N(c3ccccc3Cl)C2=O)cc1C. The van der Waals surface area contributed by atoms with Crippen molar-refractivity contribution in [1.29, 1.82) is 0 Å². The van der Waals surface area contributed by atoms with Gasteiger partial charge in [-0.1, -0.05) is 41.4 Å². The molecular weight excluding hydrogens is 347 g/mol. The molecule has 2 aromatic carbocycles. The van der Waals surface area contributed by atoms with Gasteiger partial charge in [0.2, 0.25) is 0 Å². The van der Waals surface area contributed by atoms with Crippen molar-refractivity contribution >= 4 is 46.4 Å². The van der Waals surface area contributed by atoms with Crippen molar-refractivity contribution in [1.82, 2.24) is 0 Å². The summed E-state index contributed by atoms with van der Waals surface area (Å²) in [5.74, 6) is -1.13. The van der Waals surface area contributed by atoms with Gasteiger partial charge in [-0.15, -0.1) is 0 Å². The van der Waals surface area contributed by atoms with E-state index in [0.29, 0.717) is 16.4 Å². The number of halogens is 2. The number of benzene rings is 2. The number of nitrogens with zero attached hydrogens (tertiary/aromatic N) is 1. The molecule has 0 fully saturated rings. The first-order valence-electron chi connectivity index (χ1n) is 7.27. The third-order valence-electron chi connectivity index (χ3n) is 3.90. The number of nitrogens with one attached hydrogen (secondary N) is 1.